The van der Waals surface area contributed by atoms with Crippen LogP contribution in [0, 0.1) is 0 Å². The lowest BCUT2D eigenvalue weighted by Crippen LogP contribution is -2.35. The second-order valence-corrected chi connectivity index (χ2v) is 6.64. The minimum Gasteiger partial charge on any atom is -0.452 e. The lowest BCUT2D eigenvalue weighted by molar-refractivity contribution is -0.143. The van der Waals surface area contributed by atoms with Gasteiger partial charge in [0, 0.05) is 24.0 Å². The van der Waals surface area contributed by atoms with Gasteiger partial charge in [0.05, 0.1) is 11.1 Å². The van der Waals surface area contributed by atoms with E-state index in [0.29, 0.717) is 24.9 Å². The van der Waals surface area contributed by atoms with Gasteiger partial charge in [-0.15, -0.1) is 0 Å². The number of rotatable bonds is 3. The second kappa shape index (κ2) is 6.35. The molecule has 0 atom stereocenters. The Hall–Kier alpha value is -2.63. The highest BCUT2D eigenvalue weighted by Gasteiger charge is 2.27. The van der Waals surface area contributed by atoms with Crippen molar-refractivity contribution in [3.63, 3.8) is 0 Å². The first-order chi connectivity index (χ1) is 12.1. The van der Waals surface area contributed by atoms with Gasteiger partial charge in [0.25, 0.3) is 5.91 Å². The molecule has 6 nitrogen and oxygen atoms in total. The Labute approximate surface area is 145 Å². The summed E-state index contributed by atoms with van der Waals surface area (Å²) in [7, 11) is 0. The van der Waals surface area contributed by atoms with E-state index in [4.69, 9.17) is 4.74 Å². The quantitative estimate of drug-likeness (QED) is 0.870. The molecule has 6 heteroatoms. The summed E-state index contributed by atoms with van der Waals surface area (Å²) in [6.45, 7) is 0.00946. The fourth-order valence-corrected chi connectivity index (χ4v) is 3.79. The van der Waals surface area contributed by atoms with Gasteiger partial charge in [0.1, 0.15) is 0 Å². The highest BCUT2D eigenvalue weighted by atomic mass is 16.5. The van der Waals surface area contributed by atoms with Crippen molar-refractivity contribution in [2.45, 2.75) is 38.5 Å². The van der Waals surface area contributed by atoms with Gasteiger partial charge in [0.15, 0.2) is 6.61 Å². The molecule has 1 aliphatic carbocycles. The van der Waals surface area contributed by atoms with E-state index in [2.05, 4.69) is 4.98 Å². The van der Waals surface area contributed by atoms with Crippen LogP contribution < -0.4 is 0 Å². The van der Waals surface area contributed by atoms with Gasteiger partial charge in [-0.25, -0.2) is 4.79 Å². The summed E-state index contributed by atoms with van der Waals surface area (Å²) in [5.41, 5.74) is 3.70. The van der Waals surface area contributed by atoms with E-state index in [1.807, 2.05) is 12.1 Å². The number of hydrogen-bond donors (Lipinski definition) is 1. The monoisotopic (exact) mass is 340 g/mol. The van der Waals surface area contributed by atoms with Gasteiger partial charge in [-0.1, -0.05) is 12.1 Å². The molecule has 2 heterocycles. The molecule has 0 saturated carbocycles. The van der Waals surface area contributed by atoms with Gasteiger partial charge in [-0.3, -0.25) is 14.5 Å². The van der Waals surface area contributed by atoms with Crippen molar-refractivity contribution in [2.75, 3.05) is 13.2 Å². The average Bonchev–Trinajstić information content (AvgIpc) is 3.22. The minimum atomic E-state index is -0.538. The molecule has 1 aliphatic heterocycles. The van der Waals surface area contributed by atoms with Crippen molar-refractivity contribution in [3.8, 4) is 0 Å². The largest absolute Gasteiger partial charge is 0.452 e. The number of imide groups is 1. The number of ether oxygens (including phenoxy) is 1. The maximum absolute atomic E-state index is 12.5. The SMILES string of the molecule is O=C(OCC(=O)N1CCCC1=O)c1cccc2c3c([nH]c12)CCCC3. The van der Waals surface area contributed by atoms with Crippen LogP contribution in [0.25, 0.3) is 10.9 Å². The number of aryl methyl sites for hydroxylation is 2. The van der Waals surface area contributed by atoms with Crippen LogP contribution in [0.4, 0.5) is 0 Å². The number of aromatic amines is 1. The number of esters is 1. The molecule has 0 bridgehead atoms. The Morgan fingerprint density at radius 3 is 2.76 bits per heavy atom. The van der Waals surface area contributed by atoms with Crippen molar-refractivity contribution >= 4 is 28.7 Å². The predicted molar refractivity (Wildman–Crippen MR) is 91.2 cm³/mol. The molecule has 2 aliphatic rings. The van der Waals surface area contributed by atoms with E-state index in [-0.39, 0.29) is 5.91 Å². The maximum atomic E-state index is 12.5. The summed E-state index contributed by atoms with van der Waals surface area (Å²) in [6.07, 6.45) is 5.38. The van der Waals surface area contributed by atoms with E-state index in [9.17, 15) is 14.4 Å². The molecule has 1 N–H and O–H groups in total. The fraction of sp³-hybridized carbons (Fsp3) is 0.421. The van der Waals surface area contributed by atoms with Crippen molar-refractivity contribution < 1.29 is 19.1 Å². The third-order valence-electron chi connectivity index (χ3n) is 5.05. The van der Waals surface area contributed by atoms with Gasteiger partial charge >= 0.3 is 5.97 Å². The van der Waals surface area contributed by atoms with Crippen molar-refractivity contribution in [1.82, 2.24) is 9.88 Å². The van der Waals surface area contributed by atoms with Crippen LogP contribution in [0.1, 0.15) is 47.3 Å². The Morgan fingerprint density at radius 2 is 1.96 bits per heavy atom. The predicted octanol–water partition coefficient (Wildman–Crippen LogP) is 2.35. The number of aromatic nitrogens is 1. The first kappa shape index (κ1) is 15.9. The Bertz CT molecular complexity index is 868. The molecule has 25 heavy (non-hydrogen) atoms. The molecule has 0 spiro atoms. The Kier molecular flexibility index (Phi) is 4.03. The number of H-pyrrole nitrogens is 1. The molecule has 0 unspecified atom stereocenters. The van der Waals surface area contributed by atoms with Crippen LogP contribution in [-0.4, -0.2) is 40.8 Å². The number of likely N-dealkylation sites (tertiary alicyclic amines) is 1. The molecule has 2 amide bonds. The molecule has 1 saturated heterocycles. The molecule has 1 aromatic heterocycles. The zero-order chi connectivity index (χ0) is 17.4. The third-order valence-corrected chi connectivity index (χ3v) is 5.05. The number of fused-ring (bicyclic) bond motifs is 3. The van der Waals surface area contributed by atoms with Crippen molar-refractivity contribution in [1.29, 1.82) is 0 Å². The van der Waals surface area contributed by atoms with E-state index in [0.717, 1.165) is 36.6 Å². The summed E-state index contributed by atoms with van der Waals surface area (Å²) < 4.78 is 5.19. The summed E-state index contributed by atoms with van der Waals surface area (Å²) in [5, 5.41) is 1.06. The molecular weight excluding hydrogens is 320 g/mol. The molecule has 2 aromatic rings. The van der Waals surface area contributed by atoms with Crippen LogP contribution in [-0.2, 0) is 27.2 Å². The number of para-hydroxylation sites is 1. The summed E-state index contributed by atoms with van der Waals surface area (Å²) in [4.78, 5) is 40.6. The van der Waals surface area contributed by atoms with Gasteiger partial charge in [-0.05, 0) is 43.7 Å². The van der Waals surface area contributed by atoms with Crippen LogP contribution in [0.15, 0.2) is 18.2 Å². The Morgan fingerprint density at radius 1 is 1.12 bits per heavy atom. The van der Waals surface area contributed by atoms with E-state index in [1.165, 1.54) is 16.2 Å². The molecular formula is C19H20N2O4. The number of amides is 2. The molecule has 130 valence electrons. The normalized spacial score (nSPS) is 17.0. The first-order valence-corrected chi connectivity index (χ1v) is 8.78. The zero-order valence-corrected chi connectivity index (χ0v) is 14.0. The minimum absolute atomic E-state index is 0.194. The molecule has 1 fully saturated rings. The first-order valence-electron chi connectivity index (χ1n) is 8.78. The van der Waals surface area contributed by atoms with Gasteiger partial charge in [-0.2, -0.15) is 0 Å². The standard InChI is InChI=1S/C19H20N2O4/c22-16-9-4-10-21(16)17(23)11-25-19(24)14-7-3-6-13-12-5-1-2-8-15(12)20-18(13)14/h3,6-7,20H,1-2,4-5,8-11H2. The lowest BCUT2D eigenvalue weighted by atomic mass is 9.95. The van der Waals surface area contributed by atoms with Gasteiger partial charge in [0.2, 0.25) is 5.91 Å². The zero-order valence-electron chi connectivity index (χ0n) is 14.0. The topological polar surface area (TPSA) is 79.5 Å². The van der Waals surface area contributed by atoms with Crippen LogP contribution in [0.5, 0.6) is 0 Å². The van der Waals surface area contributed by atoms with Crippen LogP contribution in [0.3, 0.4) is 0 Å². The van der Waals surface area contributed by atoms with E-state index >= 15 is 0 Å². The number of carbonyl (C=O) groups is 3. The fourth-order valence-electron chi connectivity index (χ4n) is 3.79. The van der Waals surface area contributed by atoms with Crippen molar-refractivity contribution in [2.24, 2.45) is 0 Å². The van der Waals surface area contributed by atoms with Gasteiger partial charge < -0.3 is 9.72 Å². The molecule has 0 radical (unpaired) electrons. The van der Waals surface area contributed by atoms with Crippen molar-refractivity contribution in [3.05, 3.63) is 35.0 Å². The highest BCUT2D eigenvalue weighted by molar-refractivity contribution is 6.05. The van der Waals surface area contributed by atoms with Crippen LogP contribution >= 0.6 is 0 Å². The Balaban J connectivity index is 1.53. The number of benzene rings is 1. The van der Waals surface area contributed by atoms with E-state index in [1.54, 1.807) is 6.07 Å². The smallest absolute Gasteiger partial charge is 0.340 e. The molecule has 1 aromatic carbocycles. The average molecular weight is 340 g/mol. The molecule has 4 rings (SSSR count). The van der Waals surface area contributed by atoms with Crippen LogP contribution in [0.2, 0.25) is 0 Å². The summed E-state index contributed by atoms with van der Waals surface area (Å²) in [5.74, 6) is -1.18. The highest BCUT2D eigenvalue weighted by Crippen LogP contribution is 2.31. The number of nitrogens with zero attached hydrogens (tertiary/aromatic N) is 1. The number of hydrogen-bond acceptors (Lipinski definition) is 4. The maximum Gasteiger partial charge on any atom is 0.340 e. The number of nitrogens with one attached hydrogen (secondary N) is 1. The second-order valence-electron chi connectivity index (χ2n) is 6.64. The number of carbonyl (C=O) groups excluding carboxylic acids is 3. The summed E-state index contributed by atoms with van der Waals surface area (Å²) >= 11 is 0. The lowest BCUT2D eigenvalue weighted by Gasteiger charge is -2.13. The third kappa shape index (κ3) is 2.81. The van der Waals surface area contributed by atoms with E-state index < -0.39 is 18.5 Å². The summed E-state index contributed by atoms with van der Waals surface area (Å²) in [6, 6.07) is 5.56.